The van der Waals surface area contributed by atoms with Gasteiger partial charge in [0.15, 0.2) is 5.43 Å². The average molecular weight is 349 g/mol. The van der Waals surface area contributed by atoms with Crippen LogP contribution in [0.5, 0.6) is 0 Å². The molecule has 1 aromatic carbocycles. The van der Waals surface area contributed by atoms with Gasteiger partial charge in [-0.2, -0.15) is 0 Å². The molecule has 1 fully saturated rings. The number of rotatable bonds is 3. The van der Waals surface area contributed by atoms with Gasteiger partial charge in [-0.1, -0.05) is 24.3 Å². The first-order chi connectivity index (χ1) is 12.6. The minimum atomic E-state index is 0.0667. The molecule has 0 bridgehead atoms. The molecule has 0 radical (unpaired) electrons. The lowest BCUT2D eigenvalue weighted by Crippen LogP contribution is -2.48. The van der Waals surface area contributed by atoms with E-state index in [9.17, 15) is 9.59 Å². The zero-order valence-corrected chi connectivity index (χ0v) is 15.0. The summed E-state index contributed by atoms with van der Waals surface area (Å²) in [6.45, 7) is 6.74. The van der Waals surface area contributed by atoms with Gasteiger partial charge in [-0.05, 0) is 29.7 Å². The van der Waals surface area contributed by atoms with Crippen LogP contribution in [0.25, 0.3) is 22.2 Å². The third kappa shape index (κ3) is 3.10. The molecule has 1 amide bonds. The Morgan fingerprint density at radius 3 is 2.50 bits per heavy atom. The first-order valence-corrected chi connectivity index (χ1v) is 9.13. The molecule has 2 heterocycles. The van der Waals surface area contributed by atoms with Crippen LogP contribution in [0.15, 0.2) is 53.3 Å². The molecule has 0 saturated carbocycles. The fourth-order valence-corrected chi connectivity index (χ4v) is 3.82. The number of hydrogen-bond donors (Lipinski definition) is 0. The van der Waals surface area contributed by atoms with Crippen molar-refractivity contribution >= 4 is 16.8 Å². The van der Waals surface area contributed by atoms with E-state index in [1.165, 1.54) is 0 Å². The highest BCUT2D eigenvalue weighted by molar-refractivity contribution is 5.86. The molecule has 4 rings (SSSR count). The maximum Gasteiger partial charge on any atom is 0.219 e. The number of carbonyl (C=O) groups excluding carboxylic acids is 1. The van der Waals surface area contributed by atoms with Gasteiger partial charge in [0.2, 0.25) is 5.91 Å². The number of piperazine rings is 1. The van der Waals surface area contributed by atoms with Crippen LogP contribution in [0, 0.1) is 0 Å². The molecular formula is C21H23N3O2. The van der Waals surface area contributed by atoms with Crippen molar-refractivity contribution in [3.8, 4) is 11.3 Å². The number of fused-ring (bicyclic) bond motifs is 2. The highest BCUT2D eigenvalue weighted by Crippen LogP contribution is 2.26. The molecule has 5 heteroatoms. The van der Waals surface area contributed by atoms with Crippen LogP contribution in [0.2, 0.25) is 0 Å². The summed E-state index contributed by atoms with van der Waals surface area (Å²) in [4.78, 5) is 28.1. The molecular weight excluding hydrogens is 326 g/mol. The van der Waals surface area contributed by atoms with Gasteiger partial charge >= 0.3 is 0 Å². The second-order valence-corrected chi connectivity index (χ2v) is 6.89. The number of nitrogens with zero attached hydrogens (tertiary/aromatic N) is 3. The van der Waals surface area contributed by atoms with Crippen LogP contribution >= 0.6 is 0 Å². The number of para-hydroxylation sites is 1. The minimum absolute atomic E-state index is 0.0667. The summed E-state index contributed by atoms with van der Waals surface area (Å²) in [6.07, 6.45) is 0. The van der Waals surface area contributed by atoms with Crippen LogP contribution in [-0.2, 0) is 11.3 Å². The zero-order valence-electron chi connectivity index (χ0n) is 15.0. The van der Waals surface area contributed by atoms with Gasteiger partial charge < -0.3 is 9.47 Å². The summed E-state index contributed by atoms with van der Waals surface area (Å²) in [5, 5.41) is 1.09. The molecule has 0 atom stereocenters. The van der Waals surface area contributed by atoms with Crippen LogP contribution in [0.1, 0.15) is 6.92 Å². The molecule has 26 heavy (non-hydrogen) atoms. The third-order valence-electron chi connectivity index (χ3n) is 5.32. The van der Waals surface area contributed by atoms with Crippen molar-refractivity contribution in [1.29, 1.82) is 0 Å². The number of hydrogen-bond acceptors (Lipinski definition) is 3. The quantitative estimate of drug-likeness (QED) is 0.682. The van der Waals surface area contributed by atoms with E-state index in [0.717, 1.165) is 61.4 Å². The summed E-state index contributed by atoms with van der Waals surface area (Å²) in [5.74, 6) is 0.155. The van der Waals surface area contributed by atoms with Gasteiger partial charge in [-0.15, -0.1) is 0 Å². The van der Waals surface area contributed by atoms with Gasteiger partial charge in [0.1, 0.15) is 0 Å². The Morgan fingerprint density at radius 2 is 1.73 bits per heavy atom. The molecule has 1 aliphatic carbocycles. The SMILES string of the molecule is CC(=O)N1CCN(CCn2c3cccc(=O)c-3cc3ccccc32)CC1. The summed E-state index contributed by atoms with van der Waals surface area (Å²) in [6, 6.07) is 15.7. The van der Waals surface area contributed by atoms with Gasteiger partial charge in [-0.25, -0.2) is 0 Å². The number of benzene rings is 2. The Bertz CT molecular complexity index is 970. The molecule has 1 saturated heterocycles. The average Bonchev–Trinajstić information content (AvgIpc) is 2.66. The largest absolute Gasteiger partial charge is 0.340 e. The van der Waals surface area contributed by atoms with Gasteiger partial charge in [0, 0.05) is 57.3 Å². The molecule has 1 aromatic rings. The molecule has 2 aliphatic heterocycles. The van der Waals surface area contributed by atoms with Crippen LogP contribution < -0.4 is 5.43 Å². The van der Waals surface area contributed by atoms with E-state index in [0.29, 0.717) is 0 Å². The van der Waals surface area contributed by atoms with Gasteiger partial charge in [0.05, 0.1) is 5.69 Å². The fourth-order valence-electron chi connectivity index (χ4n) is 3.82. The Kier molecular flexibility index (Phi) is 4.47. The van der Waals surface area contributed by atoms with Crippen LogP contribution in [0.3, 0.4) is 0 Å². The highest BCUT2D eigenvalue weighted by Gasteiger charge is 2.19. The molecule has 0 spiro atoms. The lowest BCUT2D eigenvalue weighted by molar-refractivity contribution is -0.130. The van der Waals surface area contributed by atoms with Crippen molar-refractivity contribution in [3.63, 3.8) is 0 Å². The van der Waals surface area contributed by atoms with E-state index in [2.05, 4.69) is 21.6 Å². The van der Waals surface area contributed by atoms with E-state index in [4.69, 9.17) is 0 Å². The number of pyridine rings is 1. The Balaban J connectivity index is 1.62. The Labute approximate surface area is 152 Å². The van der Waals surface area contributed by atoms with Gasteiger partial charge in [-0.3, -0.25) is 14.5 Å². The number of amides is 1. The smallest absolute Gasteiger partial charge is 0.219 e. The zero-order chi connectivity index (χ0) is 18.1. The normalized spacial score (nSPS) is 15.7. The molecule has 0 aromatic heterocycles. The van der Waals surface area contributed by atoms with E-state index >= 15 is 0 Å². The van der Waals surface area contributed by atoms with E-state index in [1.807, 2.05) is 35.2 Å². The van der Waals surface area contributed by atoms with Crippen molar-refractivity contribution in [2.24, 2.45) is 0 Å². The topological polar surface area (TPSA) is 45.6 Å². The molecule has 0 unspecified atom stereocenters. The summed E-state index contributed by atoms with van der Waals surface area (Å²) in [5.41, 5.74) is 2.97. The van der Waals surface area contributed by atoms with Crippen LogP contribution in [0.4, 0.5) is 0 Å². The van der Waals surface area contributed by atoms with Gasteiger partial charge in [0.25, 0.3) is 0 Å². The fraction of sp³-hybridized carbons (Fsp3) is 0.333. The van der Waals surface area contributed by atoms with Crippen molar-refractivity contribution in [3.05, 3.63) is 58.8 Å². The Morgan fingerprint density at radius 1 is 0.962 bits per heavy atom. The maximum atomic E-state index is 12.3. The summed E-state index contributed by atoms with van der Waals surface area (Å²) in [7, 11) is 0. The molecule has 0 N–H and O–H groups in total. The van der Waals surface area contributed by atoms with Crippen molar-refractivity contribution < 1.29 is 4.79 Å². The minimum Gasteiger partial charge on any atom is -0.340 e. The second-order valence-electron chi connectivity index (χ2n) is 6.89. The number of aromatic nitrogens is 1. The molecule has 5 nitrogen and oxygen atoms in total. The molecule has 134 valence electrons. The first kappa shape index (κ1) is 16.8. The molecule has 3 aliphatic rings. The highest BCUT2D eigenvalue weighted by atomic mass is 16.2. The van der Waals surface area contributed by atoms with E-state index < -0.39 is 0 Å². The van der Waals surface area contributed by atoms with Crippen LogP contribution in [-0.4, -0.2) is 53.0 Å². The monoisotopic (exact) mass is 349 g/mol. The summed E-state index contributed by atoms with van der Waals surface area (Å²) >= 11 is 0. The van der Waals surface area contributed by atoms with Crippen molar-refractivity contribution in [2.75, 3.05) is 32.7 Å². The van der Waals surface area contributed by atoms with Crippen molar-refractivity contribution in [2.45, 2.75) is 13.5 Å². The van der Waals surface area contributed by atoms with Crippen molar-refractivity contribution in [1.82, 2.24) is 14.4 Å². The lowest BCUT2D eigenvalue weighted by atomic mass is 10.0. The Hall–Kier alpha value is -2.66. The maximum absolute atomic E-state index is 12.3. The van der Waals surface area contributed by atoms with E-state index in [-0.39, 0.29) is 11.3 Å². The standard InChI is InChI=1S/C21H23N3O2/c1-16(25)23-12-9-22(10-13-23)11-14-24-19-6-3-2-5-17(19)15-18-20(24)7-4-8-21(18)26/h2-8,15H,9-14H2,1H3. The second kappa shape index (κ2) is 6.92. The number of carbonyl (C=O) groups is 1. The predicted octanol–water partition coefficient (Wildman–Crippen LogP) is 2.27. The lowest BCUT2D eigenvalue weighted by Gasteiger charge is -2.34. The van der Waals surface area contributed by atoms with E-state index in [1.54, 1.807) is 13.0 Å². The predicted molar refractivity (Wildman–Crippen MR) is 104 cm³/mol. The summed E-state index contributed by atoms with van der Waals surface area (Å²) < 4.78 is 2.25. The first-order valence-electron chi connectivity index (χ1n) is 9.13. The third-order valence-corrected chi connectivity index (χ3v) is 5.32.